The molecule has 5 heteroatoms. The smallest absolute Gasteiger partial charge is 0.328 e. The Labute approximate surface area is 97.9 Å². The zero-order valence-electron chi connectivity index (χ0n) is 8.70. The first-order valence-electron chi connectivity index (χ1n) is 4.89. The van der Waals surface area contributed by atoms with Crippen molar-refractivity contribution in [2.24, 2.45) is 5.10 Å². The summed E-state index contributed by atoms with van der Waals surface area (Å²) in [5.74, 6) is -0.885. The largest absolute Gasteiger partial charge is 0.480 e. The summed E-state index contributed by atoms with van der Waals surface area (Å²) in [5.41, 5.74) is 5.22. The van der Waals surface area contributed by atoms with Crippen molar-refractivity contribution in [2.75, 3.05) is 0 Å². The SMILES string of the molecule is Cc1cc(C2=NNC(C(=O)O)C2)ccc1Cl. The first-order chi connectivity index (χ1) is 7.58. The monoisotopic (exact) mass is 238 g/mol. The summed E-state index contributed by atoms with van der Waals surface area (Å²) in [6, 6.07) is 4.93. The molecule has 0 aromatic heterocycles. The third-order valence-electron chi connectivity index (χ3n) is 2.54. The van der Waals surface area contributed by atoms with Crippen LogP contribution >= 0.6 is 11.6 Å². The maximum absolute atomic E-state index is 10.7. The average Bonchev–Trinajstić information content (AvgIpc) is 2.71. The lowest BCUT2D eigenvalue weighted by Crippen LogP contribution is -2.29. The van der Waals surface area contributed by atoms with Gasteiger partial charge in [-0.15, -0.1) is 0 Å². The Morgan fingerprint density at radius 2 is 2.38 bits per heavy atom. The van der Waals surface area contributed by atoms with Crippen molar-refractivity contribution in [2.45, 2.75) is 19.4 Å². The van der Waals surface area contributed by atoms with Gasteiger partial charge in [-0.25, -0.2) is 4.79 Å². The lowest BCUT2D eigenvalue weighted by Gasteiger charge is -2.04. The number of carboxylic acid groups (broad SMARTS) is 1. The Kier molecular flexibility index (Phi) is 2.83. The number of hydrogen-bond acceptors (Lipinski definition) is 3. The van der Waals surface area contributed by atoms with Crippen molar-refractivity contribution in [3.63, 3.8) is 0 Å². The Morgan fingerprint density at radius 3 is 2.94 bits per heavy atom. The molecule has 1 aliphatic heterocycles. The molecule has 0 fully saturated rings. The summed E-state index contributed by atoms with van der Waals surface area (Å²) in [6.07, 6.45) is 0.399. The van der Waals surface area contributed by atoms with Crippen molar-refractivity contribution in [3.05, 3.63) is 34.3 Å². The molecule has 0 spiro atoms. The zero-order valence-corrected chi connectivity index (χ0v) is 9.45. The van der Waals surface area contributed by atoms with Gasteiger partial charge in [0.1, 0.15) is 6.04 Å². The topological polar surface area (TPSA) is 61.7 Å². The highest BCUT2D eigenvalue weighted by atomic mass is 35.5. The number of nitrogens with zero attached hydrogens (tertiary/aromatic N) is 1. The van der Waals surface area contributed by atoms with Crippen molar-refractivity contribution < 1.29 is 9.90 Å². The fraction of sp³-hybridized carbons (Fsp3) is 0.273. The molecule has 1 aliphatic rings. The van der Waals surface area contributed by atoms with Gasteiger partial charge in [0.2, 0.25) is 0 Å². The molecule has 1 aromatic carbocycles. The summed E-state index contributed by atoms with van der Waals surface area (Å²) in [4.78, 5) is 10.7. The quantitative estimate of drug-likeness (QED) is 0.826. The number of carboxylic acids is 1. The van der Waals surface area contributed by atoms with Crippen LogP contribution in [0.2, 0.25) is 5.02 Å². The number of hydrogen-bond donors (Lipinski definition) is 2. The Bertz CT molecular complexity index is 471. The van der Waals surface area contributed by atoms with Crippen LogP contribution in [0.1, 0.15) is 17.5 Å². The van der Waals surface area contributed by atoms with Crippen molar-refractivity contribution >= 4 is 23.3 Å². The second-order valence-electron chi connectivity index (χ2n) is 3.75. The molecule has 16 heavy (non-hydrogen) atoms. The molecule has 2 N–H and O–H groups in total. The predicted molar refractivity (Wildman–Crippen MR) is 61.9 cm³/mol. The molecule has 0 amide bonds. The Balaban J connectivity index is 2.21. The van der Waals surface area contributed by atoms with E-state index in [0.29, 0.717) is 11.4 Å². The van der Waals surface area contributed by atoms with Crippen molar-refractivity contribution in [1.82, 2.24) is 5.43 Å². The normalized spacial score (nSPS) is 19.1. The lowest BCUT2D eigenvalue weighted by molar-refractivity contribution is -0.139. The number of rotatable bonds is 2. The molecule has 1 atom stereocenters. The molecule has 84 valence electrons. The van der Waals surface area contributed by atoms with Gasteiger partial charge in [-0.1, -0.05) is 17.7 Å². The van der Waals surface area contributed by atoms with E-state index in [1.807, 2.05) is 19.1 Å². The van der Waals surface area contributed by atoms with Crippen LogP contribution in [0.3, 0.4) is 0 Å². The molecule has 0 saturated carbocycles. The third-order valence-corrected chi connectivity index (χ3v) is 2.97. The summed E-state index contributed by atoms with van der Waals surface area (Å²) >= 11 is 5.92. The number of nitrogens with one attached hydrogen (secondary N) is 1. The second kappa shape index (κ2) is 4.14. The zero-order chi connectivity index (χ0) is 11.7. The lowest BCUT2D eigenvalue weighted by atomic mass is 10.0. The highest BCUT2D eigenvalue weighted by Crippen LogP contribution is 2.19. The number of aryl methyl sites for hydroxylation is 1. The minimum absolute atomic E-state index is 0.399. The van der Waals surface area contributed by atoms with E-state index in [-0.39, 0.29) is 0 Å². The van der Waals surface area contributed by atoms with Crippen LogP contribution in [0.4, 0.5) is 0 Å². The van der Waals surface area contributed by atoms with E-state index in [2.05, 4.69) is 10.5 Å². The van der Waals surface area contributed by atoms with E-state index >= 15 is 0 Å². The Hall–Kier alpha value is -1.55. The molecular formula is C11H11ClN2O2. The van der Waals surface area contributed by atoms with E-state index in [0.717, 1.165) is 16.8 Å². The summed E-state index contributed by atoms with van der Waals surface area (Å²) in [6.45, 7) is 1.91. The second-order valence-corrected chi connectivity index (χ2v) is 4.15. The molecule has 4 nitrogen and oxygen atoms in total. The standard InChI is InChI=1S/C11H11ClN2O2/c1-6-4-7(2-3-8(6)12)9-5-10(11(15)16)14-13-9/h2-4,10,14H,5H2,1H3,(H,15,16). The molecule has 1 heterocycles. The van der Waals surface area contributed by atoms with Gasteiger partial charge in [-0.05, 0) is 30.2 Å². The molecule has 0 saturated heterocycles. The Morgan fingerprint density at radius 1 is 1.62 bits per heavy atom. The maximum atomic E-state index is 10.7. The molecule has 0 bridgehead atoms. The minimum atomic E-state index is -0.885. The van der Waals surface area contributed by atoms with E-state index in [9.17, 15) is 4.79 Å². The van der Waals surface area contributed by atoms with E-state index in [1.54, 1.807) is 6.07 Å². The fourth-order valence-corrected chi connectivity index (χ4v) is 1.71. The first kappa shape index (κ1) is 11.0. The van der Waals surface area contributed by atoms with Crippen LogP contribution < -0.4 is 5.43 Å². The number of aliphatic carboxylic acids is 1. The summed E-state index contributed by atoms with van der Waals surface area (Å²) in [5, 5.41) is 13.5. The maximum Gasteiger partial charge on any atom is 0.328 e. The number of halogens is 1. The van der Waals surface area contributed by atoms with Crippen LogP contribution in [0.15, 0.2) is 23.3 Å². The van der Waals surface area contributed by atoms with Crippen LogP contribution in [0, 0.1) is 6.92 Å². The van der Waals surface area contributed by atoms with Crippen LogP contribution in [0.25, 0.3) is 0 Å². The van der Waals surface area contributed by atoms with Crippen LogP contribution in [-0.4, -0.2) is 22.8 Å². The molecule has 0 aliphatic carbocycles. The van der Waals surface area contributed by atoms with Gasteiger partial charge < -0.3 is 5.11 Å². The molecule has 0 radical (unpaired) electrons. The van der Waals surface area contributed by atoms with Gasteiger partial charge in [0, 0.05) is 11.4 Å². The van der Waals surface area contributed by atoms with E-state index in [4.69, 9.17) is 16.7 Å². The van der Waals surface area contributed by atoms with Gasteiger partial charge in [-0.3, -0.25) is 5.43 Å². The molecule has 1 aromatic rings. The van der Waals surface area contributed by atoms with Gasteiger partial charge in [0.15, 0.2) is 0 Å². The van der Waals surface area contributed by atoms with Gasteiger partial charge in [0.05, 0.1) is 5.71 Å². The van der Waals surface area contributed by atoms with Crippen molar-refractivity contribution in [3.8, 4) is 0 Å². The number of carbonyl (C=O) groups is 1. The predicted octanol–water partition coefficient (Wildman–Crippen LogP) is 1.80. The van der Waals surface area contributed by atoms with E-state index < -0.39 is 12.0 Å². The highest BCUT2D eigenvalue weighted by Gasteiger charge is 2.25. The van der Waals surface area contributed by atoms with E-state index in [1.165, 1.54) is 0 Å². The number of benzene rings is 1. The highest BCUT2D eigenvalue weighted by molar-refractivity contribution is 6.31. The van der Waals surface area contributed by atoms with Crippen molar-refractivity contribution in [1.29, 1.82) is 0 Å². The minimum Gasteiger partial charge on any atom is -0.480 e. The summed E-state index contributed by atoms with van der Waals surface area (Å²) < 4.78 is 0. The molecule has 2 rings (SSSR count). The summed E-state index contributed by atoms with van der Waals surface area (Å²) in [7, 11) is 0. The van der Waals surface area contributed by atoms with Crippen LogP contribution in [0.5, 0.6) is 0 Å². The van der Waals surface area contributed by atoms with Gasteiger partial charge in [-0.2, -0.15) is 5.10 Å². The first-order valence-corrected chi connectivity index (χ1v) is 5.27. The number of hydrazone groups is 1. The fourth-order valence-electron chi connectivity index (χ4n) is 1.59. The third kappa shape index (κ3) is 2.02. The van der Waals surface area contributed by atoms with Crippen LogP contribution in [-0.2, 0) is 4.79 Å². The average molecular weight is 239 g/mol. The molecule has 1 unspecified atom stereocenters. The van der Waals surface area contributed by atoms with Gasteiger partial charge >= 0.3 is 5.97 Å². The molecular weight excluding hydrogens is 228 g/mol. The van der Waals surface area contributed by atoms with Gasteiger partial charge in [0.25, 0.3) is 0 Å².